The lowest BCUT2D eigenvalue weighted by molar-refractivity contribution is -0.137. The molecule has 94 valence electrons. The minimum atomic E-state index is -4.45. The summed E-state index contributed by atoms with van der Waals surface area (Å²) in [5, 5.41) is 3.78. The van der Waals surface area contributed by atoms with Gasteiger partial charge in [-0.3, -0.25) is 4.79 Å². The van der Waals surface area contributed by atoms with Crippen LogP contribution in [-0.2, 0) is 6.18 Å². The highest BCUT2D eigenvalue weighted by molar-refractivity contribution is 5.91. The number of aromatic nitrogens is 2. The number of hydrogen-bond donors (Lipinski definition) is 1. The second-order valence-corrected chi connectivity index (χ2v) is 3.54. The van der Waals surface area contributed by atoms with Crippen LogP contribution < -0.4 is 5.73 Å². The Bertz CT molecular complexity index is 589. The summed E-state index contributed by atoms with van der Waals surface area (Å²) in [5.74, 6) is -0.759. The fourth-order valence-corrected chi connectivity index (χ4v) is 1.51. The minimum Gasteiger partial charge on any atom is -0.364 e. The molecule has 0 aliphatic rings. The number of benzene rings is 1. The predicted molar refractivity (Wildman–Crippen MR) is 57.1 cm³/mol. The quantitative estimate of drug-likeness (QED) is 0.892. The van der Waals surface area contributed by atoms with Crippen LogP contribution in [-0.4, -0.2) is 15.7 Å². The molecule has 2 aromatic rings. The maximum absolute atomic E-state index is 12.5. The van der Waals surface area contributed by atoms with Crippen LogP contribution in [0.25, 0.3) is 5.69 Å². The number of carbonyl (C=O) groups is 1. The van der Waals surface area contributed by atoms with E-state index < -0.39 is 17.6 Å². The van der Waals surface area contributed by atoms with Crippen LogP contribution in [0.3, 0.4) is 0 Å². The number of alkyl halides is 3. The van der Waals surface area contributed by atoms with Gasteiger partial charge in [-0.15, -0.1) is 0 Å². The molecule has 1 amide bonds. The summed E-state index contributed by atoms with van der Waals surface area (Å²) in [6.45, 7) is 0. The van der Waals surface area contributed by atoms with E-state index in [-0.39, 0.29) is 11.4 Å². The zero-order chi connectivity index (χ0) is 13.3. The van der Waals surface area contributed by atoms with E-state index in [1.807, 2.05) is 0 Å². The fourth-order valence-electron chi connectivity index (χ4n) is 1.51. The van der Waals surface area contributed by atoms with Crippen molar-refractivity contribution in [1.82, 2.24) is 9.78 Å². The Morgan fingerprint density at radius 3 is 2.61 bits per heavy atom. The monoisotopic (exact) mass is 255 g/mol. The molecule has 0 radical (unpaired) electrons. The lowest BCUT2D eigenvalue weighted by Crippen LogP contribution is -2.17. The van der Waals surface area contributed by atoms with Crippen LogP contribution in [0.1, 0.15) is 16.1 Å². The Hall–Kier alpha value is -2.31. The van der Waals surface area contributed by atoms with Gasteiger partial charge < -0.3 is 5.73 Å². The largest absolute Gasteiger partial charge is 0.416 e. The molecule has 0 saturated heterocycles. The smallest absolute Gasteiger partial charge is 0.364 e. The molecule has 0 unspecified atom stereocenters. The molecule has 0 fully saturated rings. The zero-order valence-corrected chi connectivity index (χ0v) is 8.98. The summed E-state index contributed by atoms with van der Waals surface area (Å²) < 4.78 is 38.7. The van der Waals surface area contributed by atoms with Crippen molar-refractivity contribution in [3.8, 4) is 5.69 Å². The van der Waals surface area contributed by atoms with E-state index in [1.54, 1.807) is 0 Å². The number of rotatable bonds is 2. The Morgan fingerprint density at radius 1 is 1.28 bits per heavy atom. The van der Waals surface area contributed by atoms with Gasteiger partial charge in [0.1, 0.15) is 5.69 Å². The minimum absolute atomic E-state index is 0.0225. The van der Waals surface area contributed by atoms with Gasteiger partial charge >= 0.3 is 6.18 Å². The van der Waals surface area contributed by atoms with Crippen molar-refractivity contribution in [2.24, 2.45) is 5.73 Å². The summed E-state index contributed by atoms with van der Waals surface area (Å²) in [4.78, 5) is 11.1. The normalized spacial score (nSPS) is 11.5. The molecule has 0 atom stereocenters. The van der Waals surface area contributed by atoms with Gasteiger partial charge in [-0.1, -0.05) is 6.07 Å². The van der Waals surface area contributed by atoms with Crippen molar-refractivity contribution in [1.29, 1.82) is 0 Å². The molecule has 18 heavy (non-hydrogen) atoms. The first-order valence-electron chi connectivity index (χ1n) is 4.91. The first-order chi connectivity index (χ1) is 8.39. The van der Waals surface area contributed by atoms with Crippen LogP contribution in [0.2, 0.25) is 0 Å². The molecule has 1 heterocycles. The van der Waals surface area contributed by atoms with Crippen LogP contribution in [0.4, 0.5) is 13.2 Å². The number of amides is 1. The first-order valence-corrected chi connectivity index (χ1v) is 4.91. The van der Waals surface area contributed by atoms with E-state index in [1.165, 1.54) is 24.4 Å². The Labute approximate surface area is 99.8 Å². The average molecular weight is 255 g/mol. The van der Waals surface area contributed by atoms with Gasteiger partial charge in [0, 0.05) is 0 Å². The van der Waals surface area contributed by atoms with Crippen molar-refractivity contribution in [2.75, 3.05) is 0 Å². The molecule has 0 aliphatic heterocycles. The molecule has 2 rings (SSSR count). The van der Waals surface area contributed by atoms with E-state index in [2.05, 4.69) is 5.10 Å². The van der Waals surface area contributed by atoms with E-state index in [0.29, 0.717) is 0 Å². The van der Waals surface area contributed by atoms with Crippen LogP contribution in [0.5, 0.6) is 0 Å². The van der Waals surface area contributed by atoms with Gasteiger partial charge in [0.2, 0.25) is 0 Å². The number of hydrogen-bond acceptors (Lipinski definition) is 2. The lowest BCUT2D eigenvalue weighted by atomic mass is 10.2. The predicted octanol–water partition coefficient (Wildman–Crippen LogP) is 1.99. The van der Waals surface area contributed by atoms with E-state index in [9.17, 15) is 18.0 Å². The molecule has 0 spiro atoms. The van der Waals surface area contributed by atoms with Crippen LogP contribution in [0, 0.1) is 0 Å². The highest BCUT2D eigenvalue weighted by Crippen LogP contribution is 2.30. The van der Waals surface area contributed by atoms with Crippen LogP contribution in [0.15, 0.2) is 36.5 Å². The summed E-state index contributed by atoms with van der Waals surface area (Å²) in [7, 11) is 0. The standard InChI is InChI=1S/C11H8F3N3O/c12-11(13,14)7-2-1-3-8(6-7)17-9(10(15)18)4-5-16-17/h1-6H,(H2,15,18). The second kappa shape index (κ2) is 4.17. The highest BCUT2D eigenvalue weighted by Gasteiger charge is 2.30. The Morgan fingerprint density at radius 2 is 2.00 bits per heavy atom. The number of primary amides is 1. The molecule has 1 aromatic carbocycles. The maximum atomic E-state index is 12.5. The van der Waals surface area contributed by atoms with E-state index >= 15 is 0 Å². The third-order valence-corrected chi connectivity index (χ3v) is 2.31. The Balaban J connectivity index is 2.52. The van der Waals surface area contributed by atoms with Gasteiger partial charge in [-0.2, -0.15) is 18.3 Å². The molecule has 7 heteroatoms. The molecule has 0 bridgehead atoms. The van der Waals surface area contributed by atoms with Crippen molar-refractivity contribution < 1.29 is 18.0 Å². The average Bonchev–Trinajstić information content (AvgIpc) is 2.77. The van der Waals surface area contributed by atoms with Gasteiger partial charge in [-0.25, -0.2) is 4.68 Å². The van der Waals surface area contributed by atoms with Crippen molar-refractivity contribution in [2.45, 2.75) is 6.18 Å². The molecular weight excluding hydrogens is 247 g/mol. The molecule has 0 saturated carbocycles. The van der Waals surface area contributed by atoms with E-state index in [4.69, 9.17) is 5.73 Å². The number of nitrogens with zero attached hydrogens (tertiary/aromatic N) is 2. The van der Waals surface area contributed by atoms with Crippen molar-refractivity contribution in [3.63, 3.8) is 0 Å². The lowest BCUT2D eigenvalue weighted by Gasteiger charge is -2.09. The maximum Gasteiger partial charge on any atom is 0.416 e. The van der Waals surface area contributed by atoms with Crippen molar-refractivity contribution >= 4 is 5.91 Å². The zero-order valence-electron chi connectivity index (χ0n) is 8.98. The van der Waals surface area contributed by atoms with E-state index in [0.717, 1.165) is 16.8 Å². The molecule has 1 aromatic heterocycles. The van der Waals surface area contributed by atoms with Crippen molar-refractivity contribution in [3.05, 3.63) is 47.8 Å². The van der Waals surface area contributed by atoms with Crippen LogP contribution >= 0.6 is 0 Å². The van der Waals surface area contributed by atoms with Gasteiger partial charge in [-0.05, 0) is 24.3 Å². The number of carbonyl (C=O) groups excluding carboxylic acids is 1. The summed E-state index contributed by atoms with van der Waals surface area (Å²) in [6, 6.07) is 5.83. The molecular formula is C11H8F3N3O. The summed E-state index contributed by atoms with van der Waals surface area (Å²) in [5.41, 5.74) is 4.44. The molecule has 2 N–H and O–H groups in total. The first kappa shape index (κ1) is 12.2. The second-order valence-electron chi connectivity index (χ2n) is 3.54. The third kappa shape index (κ3) is 2.20. The number of nitrogens with two attached hydrogens (primary N) is 1. The highest BCUT2D eigenvalue weighted by atomic mass is 19.4. The van der Waals surface area contributed by atoms with Gasteiger partial charge in [0.15, 0.2) is 0 Å². The van der Waals surface area contributed by atoms with Gasteiger partial charge in [0.25, 0.3) is 5.91 Å². The molecule has 4 nitrogen and oxygen atoms in total. The number of halogens is 3. The van der Waals surface area contributed by atoms with Gasteiger partial charge in [0.05, 0.1) is 17.4 Å². The summed E-state index contributed by atoms with van der Waals surface area (Å²) in [6.07, 6.45) is -3.16. The summed E-state index contributed by atoms with van der Waals surface area (Å²) >= 11 is 0. The third-order valence-electron chi connectivity index (χ3n) is 2.31. The Kier molecular flexibility index (Phi) is 2.82. The molecule has 0 aliphatic carbocycles. The topological polar surface area (TPSA) is 60.9 Å². The fraction of sp³-hybridized carbons (Fsp3) is 0.0909. The SMILES string of the molecule is NC(=O)c1ccnn1-c1cccc(C(F)(F)F)c1.